The third-order valence-corrected chi connectivity index (χ3v) is 1.30. The molecule has 1 N–H and O–H groups in total. The highest BCUT2D eigenvalue weighted by Gasteiger charge is 2.44. The number of aliphatic carboxylic acids is 1. The van der Waals surface area contributed by atoms with Crippen LogP contribution in [0.2, 0.25) is 0 Å². The Hall–Kier alpha value is -1.53. The van der Waals surface area contributed by atoms with Gasteiger partial charge in [-0.15, -0.1) is 5.10 Å². The second-order valence-electron chi connectivity index (χ2n) is 2.12. The van der Waals surface area contributed by atoms with Crippen LogP contribution in [-0.2, 0) is 17.8 Å². The van der Waals surface area contributed by atoms with E-state index in [4.69, 9.17) is 5.11 Å². The minimum atomic E-state index is -3.93. The number of alkyl halides is 2. The average molecular weight is 177 g/mol. The molecule has 5 nitrogen and oxygen atoms in total. The number of hydrogen-bond acceptors (Lipinski definition) is 3. The molecule has 1 aromatic heterocycles. The third-order valence-electron chi connectivity index (χ3n) is 1.30. The number of carboxylic acids is 1. The third kappa shape index (κ3) is 1.13. The summed E-state index contributed by atoms with van der Waals surface area (Å²) < 4.78 is 26.1. The number of carboxylic acid groups (broad SMARTS) is 1. The molecule has 0 saturated heterocycles. The van der Waals surface area contributed by atoms with Gasteiger partial charge in [-0.05, 0) is 0 Å². The van der Waals surface area contributed by atoms with Gasteiger partial charge >= 0.3 is 11.9 Å². The molecule has 0 unspecified atom stereocenters. The van der Waals surface area contributed by atoms with Crippen molar-refractivity contribution in [2.45, 2.75) is 5.92 Å². The predicted octanol–water partition coefficient (Wildman–Crippen LogP) is -0.00850. The van der Waals surface area contributed by atoms with Gasteiger partial charge in [0, 0.05) is 7.05 Å². The van der Waals surface area contributed by atoms with Gasteiger partial charge in [0.25, 0.3) is 0 Å². The monoisotopic (exact) mass is 177 g/mol. The van der Waals surface area contributed by atoms with E-state index in [0.717, 1.165) is 0 Å². The van der Waals surface area contributed by atoms with Gasteiger partial charge in [-0.2, -0.15) is 8.78 Å². The quantitative estimate of drug-likeness (QED) is 0.689. The van der Waals surface area contributed by atoms with E-state index >= 15 is 0 Å². The lowest BCUT2D eigenvalue weighted by Crippen LogP contribution is -2.27. The van der Waals surface area contributed by atoms with Crippen molar-refractivity contribution in [3.05, 3.63) is 11.9 Å². The molecule has 0 amide bonds. The van der Waals surface area contributed by atoms with Gasteiger partial charge in [-0.25, -0.2) is 9.48 Å². The van der Waals surface area contributed by atoms with Crippen molar-refractivity contribution in [3.63, 3.8) is 0 Å². The van der Waals surface area contributed by atoms with Crippen molar-refractivity contribution in [1.29, 1.82) is 0 Å². The summed E-state index contributed by atoms with van der Waals surface area (Å²) in [7, 11) is 1.19. The van der Waals surface area contributed by atoms with Crippen molar-refractivity contribution < 1.29 is 18.7 Å². The lowest BCUT2D eigenvalue weighted by atomic mass is 10.2. The zero-order valence-electron chi connectivity index (χ0n) is 6.03. The first-order chi connectivity index (χ1) is 5.46. The van der Waals surface area contributed by atoms with Crippen LogP contribution in [0.5, 0.6) is 0 Å². The molecule has 0 aliphatic heterocycles. The summed E-state index contributed by atoms with van der Waals surface area (Å²) >= 11 is 0. The van der Waals surface area contributed by atoms with Gasteiger partial charge in [-0.1, -0.05) is 5.21 Å². The number of aryl methyl sites for hydroxylation is 1. The number of nitrogens with zero attached hydrogens (tertiary/aromatic N) is 3. The van der Waals surface area contributed by atoms with Gasteiger partial charge in [0.05, 0.1) is 6.20 Å². The number of hydrogen-bond donors (Lipinski definition) is 1. The molecule has 1 aromatic rings. The van der Waals surface area contributed by atoms with E-state index in [1.807, 2.05) is 0 Å². The second kappa shape index (κ2) is 2.50. The van der Waals surface area contributed by atoms with E-state index in [2.05, 4.69) is 10.3 Å². The first kappa shape index (κ1) is 8.57. The maximum Gasteiger partial charge on any atom is 0.385 e. The first-order valence-corrected chi connectivity index (χ1v) is 2.92. The average Bonchev–Trinajstić information content (AvgIpc) is 2.35. The van der Waals surface area contributed by atoms with E-state index in [1.165, 1.54) is 7.05 Å². The van der Waals surface area contributed by atoms with Crippen molar-refractivity contribution >= 4 is 5.97 Å². The molecule has 0 saturated carbocycles. The van der Waals surface area contributed by atoms with E-state index in [1.54, 1.807) is 0 Å². The molecule has 0 radical (unpaired) electrons. The molecule has 0 fully saturated rings. The lowest BCUT2D eigenvalue weighted by Gasteiger charge is -2.09. The maximum absolute atomic E-state index is 12.7. The standard InChI is InChI=1S/C5H5F2N3O2/c1-10-3(2-8-9-10)5(6,7)4(11)12/h2H,1H3,(H,11,12). The van der Waals surface area contributed by atoms with Crippen molar-refractivity contribution in [2.75, 3.05) is 0 Å². The molecular formula is C5H5F2N3O2. The molecule has 1 rings (SSSR count). The van der Waals surface area contributed by atoms with Crippen LogP contribution in [0, 0.1) is 0 Å². The predicted molar refractivity (Wildman–Crippen MR) is 32.5 cm³/mol. The van der Waals surface area contributed by atoms with Crippen LogP contribution in [0.15, 0.2) is 6.20 Å². The highest BCUT2D eigenvalue weighted by Crippen LogP contribution is 2.26. The molecule has 66 valence electrons. The molecular weight excluding hydrogens is 172 g/mol. The molecule has 12 heavy (non-hydrogen) atoms. The Bertz CT molecular complexity index is 309. The fourth-order valence-corrected chi connectivity index (χ4v) is 0.684. The zero-order valence-corrected chi connectivity index (χ0v) is 6.03. The van der Waals surface area contributed by atoms with Gasteiger partial charge in [0.1, 0.15) is 5.69 Å². The highest BCUT2D eigenvalue weighted by molar-refractivity contribution is 5.76. The summed E-state index contributed by atoms with van der Waals surface area (Å²) in [5.74, 6) is -6.15. The summed E-state index contributed by atoms with van der Waals surface area (Å²) in [6.45, 7) is 0. The van der Waals surface area contributed by atoms with Crippen LogP contribution in [0.4, 0.5) is 8.78 Å². The Morgan fingerprint density at radius 1 is 1.75 bits per heavy atom. The summed E-state index contributed by atoms with van der Waals surface area (Å²) in [4.78, 5) is 10.1. The van der Waals surface area contributed by atoms with E-state index in [0.29, 0.717) is 10.9 Å². The smallest absolute Gasteiger partial charge is 0.385 e. The minimum Gasteiger partial charge on any atom is -0.476 e. The number of rotatable bonds is 2. The summed E-state index contributed by atoms with van der Waals surface area (Å²) in [5.41, 5.74) is -0.741. The second-order valence-corrected chi connectivity index (χ2v) is 2.12. The summed E-state index contributed by atoms with van der Waals surface area (Å²) in [5, 5.41) is 14.4. The Kier molecular flexibility index (Phi) is 1.79. The van der Waals surface area contributed by atoms with E-state index in [-0.39, 0.29) is 0 Å². The zero-order chi connectivity index (χ0) is 9.35. The fourth-order valence-electron chi connectivity index (χ4n) is 0.684. The molecule has 7 heteroatoms. The molecule has 1 heterocycles. The lowest BCUT2D eigenvalue weighted by molar-refractivity contribution is -0.167. The maximum atomic E-state index is 12.7. The van der Waals surface area contributed by atoms with Crippen LogP contribution >= 0.6 is 0 Å². The van der Waals surface area contributed by atoms with Gasteiger partial charge in [0.15, 0.2) is 0 Å². The van der Waals surface area contributed by atoms with Crippen LogP contribution in [0.1, 0.15) is 5.69 Å². The topological polar surface area (TPSA) is 68.0 Å². The van der Waals surface area contributed by atoms with Crippen LogP contribution in [-0.4, -0.2) is 26.1 Å². The van der Waals surface area contributed by atoms with Gasteiger partial charge < -0.3 is 5.11 Å². The van der Waals surface area contributed by atoms with Crippen LogP contribution < -0.4 is 0 Å². The molecule has 0 aliphatic carbocycles. The van der Waals surface area contributed by atoms with Crippen LogP contribution in [0.25, 0.3) is 0 Å². The summed E-state index contributed by atoms with van der Waals surface area (Å²) in [6, 6.07) is 0. The van der Waals surface area contributed by atoms with E-state index < -0.39 is 17.6 Å². The van der Waals surface area contributed by atoms with Crippen molar-refractivity contribution in [3.8, 4) is 0 Å². The van der Waals surface area contributed by atoms with E-state index in [9.17, 15) is 13.6 Å². The molecule has 0 bridgehead atoms. The van der Waals surface area contributed by atoms with Gasteiger partial charge in [-0.3, -0.25) is 0 Å². The van der Waals surface area contributed by atoms with Crippen LogP contribution in [0.3, 0.4) is 0 Å². The summed E-state index contributed by atoms with van der Waals surface area (Å²) in [6.07, 6.45) is 0.716. The molecule has 0 spiro atoms. The SMILES string of the molecule is Cn1nncc1C(F)(F)C(=O)O. The first-order valence-electron chi connectivity index (χ1n) is 2.92. The molecule has 0 atom stereocenters. The van der Waals surface area contributed by atoms with Crippen molar-refractivity contribution in [2.24, 2.45) is 7.05 Å². The fraction of sp³-hybridized carbons (Fsp3) is 0.400. The Morgan fingerprint density at radius 3 is 2.67 bits per heavy atom. The minimum absolute atomic E-state index is 0.716. The van der Waals surface area contributed by atoms with Gasteiger partial charge in [0.2, 0.25) is 0 Å². The Labute approximate surface area is 65.6 Å². The van der Waals surface area contributed by atoms with Crippen molar-refractivity contribution in [1.82, 2.24) is 15.0 Å². The molecule has 0 aromatic carbocycles. The molecule has 0 aliphatic rings. The number of aromatic nitrogens is 3. The number of halogens is 2. The number of carbonyl (C=O) groups is 1. The normalized spacial score (nSPS) is 11.6. The Morgan fingerprint density at radius 2 is 2.33 bits per heavy atom. The Balaban J connectivity index is 3.13. The highest BCUT2D eigenvalue weighted by atomic mass is 19.3. The largest absolute Gasteiger partial charge is 0.476 e.